The third-order valence-electron chi connectivity index (χ3n) is 6.66. The number of benzene rings is 3. The van der Waals surface area contributed by atoms with Crippen molar-refractivity contribution >= 4 is 40.1 Å². The van der Waals surface area contributed by atoms with Gasteiger partial charge >= 0.3 is 0 Å². The quantitative estimate of drug-likeness (QED) is 0.489. The summed E-state index contributed by atoms with van der Waals surface area (Å²) in [6.45, 7) is 1.81. The monoisotopic (exact) mass is 530 g/mol. The number of rotatable bonds is 5. The molecule has 3 aromatic rings. The molecule has 6 rings (SSSR count). The van der Waals surface area contributed by atoms with Crippen LogP contribution in [0.2, 0.25) is 0 Å². The van der Waals surface area contributed by atoms with Crippen LogP contribution in [0, 0.1) is 17.2 Å². The second-order valence-corrected chi connectivity index (χ2v) is 9.91. The first kappa shape index (κ1) is 24.4. The Kier molecular flexibility index (Phi) is 6.31. The number of amides is 2. The summed E-state index contributed by atoms with van der Waals surface area (Å²) in [6, 6.07) is 29.2. The Bertz CT molecular complexity index is 1620. The first-order valence-corrected chi connectivity index (χ1v) is 13.2. The van der Waals surface area contributed by atoms with Crippen molar-refractivity contribution in [3.05, 3.63) is 125 Å². The van der Waals surface area contributed by atoms with E-state index in [0.717, 1.165) is 5.56 Å². The van der Waals surface area contributed by atoms with Crippen molar-refractivity contribution in [1.82, 2.24) is 10.2 Å². The Labute approximate surface area is 229 Å². The number of nitrogens with zero attached hydrogens (tertiary/aromatic N) is 5. The molecule has 0 radical (unpaired) electrons. The van der Waals surface area contributed by atoms with Crippen molar-refractivity contribution < 1.29 is 9.59 Å². The van der Waals surface area contributed by atoms with Gasteiger partial charge in [0.25, 0.3) is 11.8 Å². The Hall–Kier alpha value is -4.94. The fraction of sp³-hybridized carbons (Fsp3) is 0.100. The van der Waals surface area contributed by atoms with Crippen LogP contribution in [0.4, 0.5) is 5.69 Å². The molecule has 3 aliphatic heterocycles. The van der Waals surface area contributed by atoms with Gasteiger partial charge in [0.1, 0.15) is 23.8 Å². The molecule has 39 heavy (non-hydrogen) atoms. The maximum absolute atomic E-state index is 13.7. The third-order valence-corrected chi connectivity index (χ3v) is 7.52. The number of nitriles is 1. The van der Waals surface area contributed by atoms with Gasteiger partial charge in [-0.1, -0.05) is 78.5 Å². The van der Waals surface area contributed by atoms with Crippen molar-refractivity contribution in [3.8, 4) is 6.07 Å². The lowest BCUT2D eigenvalue weighted by atomic mass is 9.96. The molecular weight excluding hydrogens is 508 g/mol. The maximum Gasteiger partial charge on any atom is 0.262 e. The van der Waals surface area contributed by atoms with E-state index in [0.29, 0.717) is 33.6 Å². The molecule has 0 spiro atoms. The lowest BCUT2D eigenvalue weighted by Crippen LogP contribution is -2.43. The summed E-state index contributed by atoms with van der Waals surface area (Å²) in [4.78, 5) is 33.7. The van der Waals surface area contributed by atoms with Gasteiger partial charge in [-0.3, -0.25) is 14.5 Å². The molecule has 1 N–H and O–H groups in total. The van der Waals surface area contributed by atoms with E-state index in [1.54, 1.807) is 36.1 Å². The molecule has 2 atom stereocenters. The van der Waals surface area contributed by atoms with Crippen molar-refractivity contribution in [2.24, 2.45) is 16.0 Å². The molecule has 0 aromatic heterocycles. The molecule has 3 heterocycles. The van der Waals surface area contributed by atoms with Crippen LogP contribution in [0.5, 0.6) is 0 Å². The molecule has 0 saturated heterocycles. The second kappa shape index (κ2) is 10.1. The number of anilines is 1. The van der Waals surface area contributed by atoms with E-state index in [2.05, 4.69) is 16.5 Å². The Balaban J connectivity index is 1.42. The molecule has 2 amide bonds. The maximum atomic E-state index is 13.7. The minimum absolute atomic E-state index is 0.218. The minimum atomic E-state index is -0.706. The summed E-state index contributed by atoms with van der Waals surface area (Å²) >= 11 is 1.35. The number of hydrazone groups is 1. The van der Waals surface area contributed by atoms with Gasteiger partial charge in [0.15, 0.2) is 5.17 Å². The van der Waals surface area contributed by atoms with E-state index < -0.39 is 12.0 Å². The van der Waals surface area contributed by atoms with Gasteiger partial charge in [0, 0.05) is 11.0 Å². The lowest BCUT2D eigenvalue weighted by Gasteiger charge is -2.33. The van der Waals surface area contributed by atoms with Crippen LogP contribution in [0.3, 0.4) is 0 Å². The van der Waals surface area contributed by atoms with Crippen LogP contribution in [-0.4, -0.2) is 27.6 Å². The number of aliphatic imine (C=N–C) groups is 1. The fourth-order valence-corrected chi connectivity index (χ4v) is 5.74. The number of carbonyl (C=O) groups is 2. The molecule has 8 nitrogen and oxygen atoms in total. The Morgan fingerprint density at radius 3 is 2.28 bits per heavy atom. The van der Waals surface area contributed by atoms with E-state index >= 15 is 0 Å². The van der Waals surface area contributed by atoms with Gasteiger partial charge < -0.3 is 5.32 Å². The lowest BCUT2D eigenvalue weighted by molar-refractivity contribution is -0.119. The fourth-order valence-electron chi connectivity index (χ4n) is 4.81. The van der Waals surface area contributed by atoms with Gasteiger partial charge in [-0.25, -0.2) is 4.99 Å². The predicted octanol–water partition coefficient (Wildman–Crippen LogP) is 5.19. The summed E-state index contributed by atoms with van der Waals surface area (Å²) in [5.74, 6) is -0.997. The van der Waals surface area contributed by atoms with Crippen LogP contribution in [0.15, 0.2) is 124 Å². The number of hydrogen-bond acceptors (Lipinski definition) is 7. The number of para-hydroxylation sites is 1. The number of thioether (sulfide) groups is 1. The highest BCUT2D eigenvalue weighted by atomic mass is 32.2. The number of fused-ring (bicyclic) bond motifs is 1. The van der Waals surface area contributed by atoms with E-state index in [1.807, 2.05) is 72.1 Å². The van der Waals surface area contributed by atoms with Crippen molar-refractivity contribution in [2.45, 2.75) is 13.0 Å². The van der Waals surface area contributed by atoms with Crippen molar-refractivity contribution in [3.63, 3.8) is 0 Å². The average molecular weight is 531 g/mol. The largest absolute Gasteiger partial charge is 0.307 e. The molecule has 3 aromatic carbocycles. The van der Waals surface area contributed by atoms with Crippen molar-refractivity contribution in [1.29, 1.82) is 5.26 Å². The van der Waals surface area contributed by atoms with Crippen molar-refractivity contribution in [2.75, 3.05) is 5.01 Å². The number of carbonyl (C=O) groups excluding carboxylic acids is 2. The van der Waals surface area contributed by atoms with E-state index in [4.69, 9.17) is 4.99 Å². The van der Waals surface area contributed by atoms with E-state index in [-0.39, 0.29) is 17.4 Å². The molecule has 0 fully saturated rings. The highest BCUT2D eigenvalue weighted by Gasteiger charge is 2.46. The van der Waals surface area contributed by atoms with Gasteiger partial charge in [-0.15, -0.1) is 0 Å². The van der Waals surface area contributed by atoms with Gasteiger partial charge in [0.05, 0.1) is 22.7 Å². The van der Waals surface area contributed by atoms with Gasteiger partial charge in [0.2, 0.25) is 0 Å². The summed E-state index contributed by atoms with van der Waals surface area (Å²) in [7, 11) is 0. The predicted molar refractivity (Wildman–Crippen MR) is 151 cm³/mol. The second-order valence-electron chi connectivity index (χ2n) is 9.08. The first-order valence-electron chi connectivity index (χ1n) is 12.3. The third kappa shape index (κ3) is 4.31. The molecule has 190 valence electrons. The smallest absolute Gasteiger partial charge is 0.262 e. The normalized spacial score (nSPS) is 20.2. The van der Waals surface area contributed by atoms with Crippen LogP contribution in [0.25, 0.3) is 0 Å². The molecule has 0 saturated carbocycles. The van der Waals surface area contributed by atoms with E-state index in [1.165, 1.54) is 16.8 Å². The highest BCUT2D eigenvalue weighted by molar-refractivity contribution is 8.16. The zero-order valence-electron chi connectivity index (χ0n) is 20.9. The van der Waals surface area contributed by atoms with Gasteiger partial charge in [-0.05, 0) is 36.8 Å². The molecule has 9 heteroatoms. The highest BCUT2D eigenvalue weighted by Crippen LogP contribution is 2.44. The molecule has 2 unspecified atom stereocenters. The minimum Gasteiger partial charge on any atom is -0.307 e. The topological polar surface area (TPSA) is 101 Å². The molecule has 3 aliphatic rings. The molecule has 0 bridgehead atoms. The number of hydrogen-bond donors (Lipinski definition) is 1. The average Bonchev–Trinajstić information content (AvgIpc) is 3.53. The standard InChI is InChI=1S/C30H22N6O2S/c1-19-25(29(38)36(34-19)22-15-9-4-10-16-22)24-18-39-30-32-26(20-11-5-2-6-12-20)23(17-31)27(35(24)30)33-28(37)21-13-7-3-8-14-21/h2-16,18,25-26H,1H3,(H,33,37). The van der Waals surface area contributed by atoms with Crippen LogP contribution >= 0.6 is 11.8 Å². The summed E-state index contributed by atoms with van der Waals surface area (Å²) < 4.78 is 0. The summed E-state index contributed by atoms with van der Waals surface area (Å²) in [5.41, 5.74) is 3.41. The SMILES string of the molecule is CC1=NN(c2ccccc2)C(=O)C1C1=CSC2=NC(c3ccccc3)C(C#N)=C(NC(=O)c3ccccc3)N12. The molecule has 0 aliphatic carbocycles. The zero-order valence-corrected chi connectivity index (χ0v) is 21.7. The number of nitrogens with one attached hydrogen (secondary N) is 1. The summed E-state index contributed by atoms with van der Waals surface area (Å²) in [5, 5.41) is 21.7. The van der Waals surface area contributed by atoms with Crippen LogP contribution in [0.1, 0.15) is 28.9 Å². The Morgan fingerprint density at radius 2 is 1.62 bits per heavy atom. The first-order chi connectivity index (χ1) is 19.1. The summed E-state index contributed by atoms with van der Waals surface area (Å²) in [6.07, 6.45) is 0. The van der Waals surface area contributed by atoms with E-state index in [9.17, 15) is 14.9 Å². The zero-order chi connectivity index (χ0) is 26.9. The van der Waals surface area contributed by atoms with Crippen LogP contribution in [-0.2, 0) is 4.79 Å². The van der Waals surface area contributed by atoms with Gasteiger partial charge in [-0.2, -0.15) is 15.4 Å². The Morgan fingerprint density at radius 1 is 0.974 bits per heavy atom. The molecular formula is C30H22N6O2S. The number of amidine groups is 1. The van der Waals surface area contributed by atoms with Crippen LogP contribution < -0.4 is 10.3 Å².